The van der Waals surface area contributed by atoms with Crippen molar-refractivity contribution in [2.45, 2.75) is 0 Å². The van der Waals surface area contributed by atoms with E-state index in [2.05, 4.69) is 445 Å². The third-order valence-electron chi connectivity index (χ3n) is 23.6. The first-order chi connectivity index (χ1) is 59.4. The van der Waals surface area contributed by atoms with Crippen LogP contribution >= 0.6 is 0 Å². The van der Waals surface area contributed by atoms with E-state index in [1.165, 1.54) is 16.7 Å². The molecule has 22 aromatic rings. The van der Waals surface area contributed by atoms with E-state index in [-0.39, 0.29) is 0 Å². The van der Waals surface area contributed by atoms with Crippen molar-refractivity contribution in [3.05, 3.63) is 455 Å². The van der Waals surface area contributed by atoms with Gasteiger partial charge in [0.05, 0.1) is 0 Å². The Balaban J connectivity index is 0.493. The summed E-state index contributed by atoms with van der Waals surface area (Å²) in [7, 11) is 0. The fourth-order valence-corrected chi connectivity index (χ4v) is 17.5. The van der Waals surface area contributed by atoms with Crippen molar-refractivity contribution in [3.8, 4) is 100 Å². The van der Waals surface area contributed by atoms with Crippen LogP contribution in [0.5, 0.6) is 0 Å². The maximum Gasteiger partial charge on any atom is 0.143 e. The molecule has 3 heterocycles. The smallest absolute Gasteiger partial charge is 0.143 e. The molecule has 6 nitrogen and oxygen atoms in total. The normalized spacial score (nSPS) is 11.5. The van der Waals surface area contributed by atoms with Gasteiger partial charge in [-0.05, 0) is 217 Å². The number of furan rings is 3. The second-order valence-electron chi connectivity index (χ2n) is 30.7. The molecule has 0 N–H and O–H groups in total. The molecule has 0 unspecified atom stereocenters. The Morgan fingerprint density at radius 3 is 0.717 bits per heavy atom. The first kappa shape index (κ1) is 70.6. The van der Waals surface area contributed by atoms with E-state index in [1.807, 2.05) is 24.3 Å². The zero-order valence-electron chi connectivity index (χ0n) is 65.4. The summed E-state index contributed by atoms with van der Waals surface area (Å²) in [6.45, 7) is 0. The topological polar surface area (TPSA) is 49.1 Å². The Hall–Kier alpha value is -16.0. The Labute approximate surface area is 695 Å². The van der Waals surface area contributed by atoms with Crippen molar-refractivity contribution in [1.29, 1.82) is 0 Å². The van der Waals surface area contributed by atoms with Gasteiger partial charge in [-0.25, -0.2) is 0 Å². The highest BCUT2D eigenvalue weighted by molar-refractivity contribution is 6.13. The molecular weight excluding hydrogens is 1460 g/mol. The zero-order valence-corrected chi connectivity index (χ0v) is 65.4. The van der Waals surface area contributed by atoms with Crippen molar-refractivity contribution in [1.82, 2.24) is 0 Å². The highest BCUT2D eigenvalue weighted by atomic mass is 16.3. The van der Waals surface area contributed by atoms with Gasteiger partial charge in [-0.1, -0.05) is 322 Å². The lowest BCUT2D eigenvalue weighted by atomic mass is 9.97. The largest absolute Gasteiger partial charge is 0.455 e. The molecule has 0 saturated carbocycles. The highest BCUT2D eigenvalue weighted by Crippen LogP contribution is 2.47. The molecule has 0 bridgehead atoms. The van der Waals surface area contributed by atoms with Crippen molar-refractivity contribution >= 4 is 117 Å². The lowest BCUT2D eigenvalue weighted by Gasteiger charge is -2.26. The fourth-order valence-electron chi connectivity index (χ4n) is 17.5. The van der Waals surface area contributed by atoms with Gasteiger partial charge in [-0.2, -0.15) is 0 Å². The third kappa shape index (κ3) is 13.2. The zero-order chi connectivity index (χ0) is 79.4. The first-order valence-electron chi connectivity index (χ1n) is 40.8. The van der Waals surface area contributed by atoms with E-state index in [9.17, 15) is 0 Å². The number of hydrogen-bond acceptors (Lipinski definition) is 6. The van der Waals surface area contributed by atoms with Crippen LogP contribution in [0.15, 0.2) is 468 Å². The average Bonchev–Trinajstić information content (AvgIpc) is 1.65. The summed E-state index contributed by atoms with van der Waals surface area (Å²) >= 11 is 0. The van der Waals surface area contributed by atoms with E-state index in [1.54, 1.807) is 0 Å². The number of benzene rings is 19. The molecule has 0 aliphatic rings. The van der Waals surface area contributed by atoms with Gasteiger partial charge in [0.15, 0.2) is 0 Å². The second-order valence-corrected chi connectivity index (χ2v) is 30.7. The molecule has 6 heteroatoms. The summed E-state index contributed by atoms with van der Waals surface area (Å²) in [6.07, 6.45) is 0. The average molecular weight is 1530 g/mol. The molecule has 0 aliphatic carbocycles. The van der Waals surface area contributed by atoms with Crippen LogP contribution < -0.4 is 14.7 Å². The number of fused-ring (bicyclic) bond motifs is 9. The van der Waals surface area contributed by atoms with Crippen molar-refractivity contribution < 1.29 is 13.3 Å². The van der Waals surface area contributed by atoms with Crippen molar-refractivity contribution in [3.63, 3.8) is 0 Å². The monoisotopic (exact) mass is 1530 g/mol. The number of anilines is 9. The molecule has 0 aliphatic heterocycles. The Bertz CT molecular complexity index is 7490. The molecule has 120 heavy (non-hydrogen) atoms. The Kier molecular flexibility index (Phi) is 17.8. The van der Waals surface area contributed by atoms with Gasteiger partial charge in [0.1, 0.15) is 33.5 Å². The minimum absolute atomic E-state index is 0.854. The van der Waals surface area contributed by atoms with Gasteiger partial charge in [0.25, 0.3) is 0 Å². The summed E-state index contributed by atoms with van der Waals surface area (Å²) in [5.41, 5.74) is 35.1. The van der Waals surface area contributed by atoms with Crippen LogP contribution in [-0.2, 0) is 0 Å². The lowest BCUT2D eigenvalue weighted by Crippen LogP contribution is -2.10. The Morgan fingerprint density at radius 2 is 0.350 bits per heavy atom. The predicted molar refractivity (Wildman–Crippen MR) is 501 cm³/mol. The maximum absolute atomic E-state index is 6.80. The molecule has 19 aromatic carbocycles. The van der Waals surface area contributed by atoms with Crippen LogP contribution in [0.4, 0.5) is 51.2 Å². The van der Waals surface area contributed by atoms with Crippen LogP contribution in [0, 0.1) is 0 Å². The SMILES string of the molecule is c1ccc(-c2ccc(-c3ccc(N(c4ccc(-c5ccc(-c6ccc(-c7ccc8oc9c(-c%10ccc(N(c%11ccccc%11)c%11ccc(-c%12ccc(N(c%13ccccc%13)c%13ccc(-c%14cccc%15c%14oc%14ccccc%14%15)cc%13)cc%12)cc%11)cc%10)cccc9c8c7)cc6)cc5)cc4)c4cccc(-c5cccc6c5oc5ccccc56)c4)cc3)cc2)cc1. The van der Waals surface area contributed by atoms with E-state index >= 15 is 0 Å². The number of rotatable bonds is 18. The van der Waals surface area contributed by atoms with E-state index in [0.29, 0.717) is 0 Å². The van der Waals surface area contributed by atoms with Gasteiger partial charge in [-0.3, -0.25) is 0 Å². The number of para-hydroxylation sites is 7. The molecule has 0 radical (unpaired) electrons. The quantitative estimate of drug-likeness (QED) is 0.0853. The molecular formula is C114H75N3O3. The second kappa shape index (κ2) is 30.3. The van der Waals surface area contributed by atoms with Crippen LogP contribution in [0.2, 0.25) is 0 Å². The van der Waals surface area contributed by atoms with Gasteiger partial charge in [0.2, 0.25) is 0 Å². The van der Waals surface area contributed by atoms with Gasteiger partial charge in [-0.15, -0.1) is 0 Å². The first-order valence-corrected chi connectivity index (χ1v) is 40.8. The van der Waals surface area contributed by atoms with E-state index < -0.39 is 0 Å². The van der Waals surface area contributed by atoms with Crippen LogP contribution in [0.25, 0.3) is 166 Å². The molecule has 564 valence electrons. The van der Waals surface area contributed by atoms with E-state index in [4.69, 9.17) is 13.3 Å². The molecule has 22 rings (SSSR count). The summed E-state index contributed by atoms with van der Waals surface area (Å²) in [6, 6.07) is 163. The lowest BCUT2D eigenvalue weighted by molar-refractivity contribution is 0.669. The van der Waals surface area contributed by atoms with E-state index in [0.717, 1.165) is 200 Å². The van der Waals surface area contributed by atoms with Gasteiger partial charge in [0, 0.05) is 100 Å². The standard InChI is InChI=1S/C114H75N3O3/c1-4-18-76(19-5-1)77-36-38-80(39-37-77)82-52-65-97(66-53-82)117(99-25-14-20-90(74-99)102-30-17-32-106-104-27-11-13-35-110(104)119-114(102)106)98-67-54-83(55-68-98)81-42-40-78(41-43-81)79-44-46-86(47-45-79)89-60-73-111-108(75-89)107-33-16-29-101(113(107)120-111)88-58-71-96(72-59-88)116(92-23-8-3-9-24-92)94-63-50-85(51-64-94)84-48-61-93(62-49-84)115(91-21-6-2-7-22-91)95-69-56-87(57-70-95)100-28-15-31-105-103-26-10-12-34-109(103)118-112(100)105/h1-75H. The van der Waals surface area contributed by atoms with Crippen LogP contribution in [0.1, 0.15) is 0 Å². The predicted octanol–water partition coefficient (Wildman–Crippen LogP) is 32.8. The maximum atomic E-state index is 6.80. The highest BCUT2D eigenvalue weighted by Gasteiger charge is 2.22. The molecule has 3 aromatic heterocycles. The Morgan fingerprint density at radius 1 is 0.125 bits per heavy atom. The number of hydrogen-bond donors (Lipinski definition) is 0. The third-order valence-corrected chi connectivity index (χ3v) is 23.6. The summed E-state index contributed by atoms with van der Waals surface area (Å²) in [5, 5.41) is 6.64. The summed E-state index contributed by atoms with van der Waals surface area (Å²) in [5.74, 6) is 0. The number of nitrogens with zero attached hydrogens (tertiary/aromatic N) is 3. The van der Waals surface area contributed by atoms with Gasteiger partial charge >= 0.3 is 0 Å². The minimum Gasteiger partial charge on any atom is -0.455 e. The summed E-state index contributed by atoms with van der Waals surface area (Å²) in [4.78, 5) is 6.98. The molecule has 0 amide bonds. The molecule has 0 fully saturated rings. The van der Waals surface area contributed by atoms with Crippen LogP contribution in [-0.4, -0.2) is 0 Å². The molecule has 0 saturated heterocycles. The van der Waals surface area contributed by atoms with Crippen molar-refractivity contribution in [2.24, 2.45) is 0 Å². The van der Waals surface area contributed by atoms with Gasteiger partial charge < -0.3 is 28.0 Å². The molecule has 0 spiro atoms. The van der Waals surface area contributed by atoms with Crippen molar-refractivity contribution in [2.75, 3.05) is 14.7 Å². The minimum atomic E-state index is 0.854. The van der Waals surface area contributed by atoms with Crippen LogP contribution in [0.3, 0.4) is 0 Å². The molecule has 0 atom stereocenters. The fraction of sp³-hybridized carbons (Fsp3) is 0. The summed E-state index contributed by atoms with van der Waals surface area (Å²) < 4.78 is 19.8.